The van der Waals surface area contributed by atoms with Crippen LogP contribution in [0.5, 0.6) is 5.75 Å². The Balaban J connectivity index is 2.13. The number of alkyl halides is 1. The van der Waals surface area contributed by atoms with Gasteiger partial charge in [0, 0.05) is 24.4 Å². The third kappa shape index (κ3) is 2.36. The molecule has 0 amide bonds. The fraction of sp³-hybridized carbons (Fsp3) is 0.182. The fourth-order valence-corrected chi connectivity index (χ4v) is 1.26. The Hall–Kier alpha value is -1.91. The normalized spacial score (nSPS) is 19.4. The summed E-state index contributed by atoms with van der Waals surface area (Å²) in [4.78, 5) is 3.71. The van der Waals surface area contributed by atoms with Gasteiger partial charge in [-0.2, -0.15) is 0 Å². The zero-order valence-electron chi connectivity index (χ0n) is 8.36. The van der Waals surface area contributed by atoms with Crippen LogP contribution in [0.15, 0.2) is 35.2 Å². The number of aliphatic imine (C=N–C) groups is 1. The van der Waals surface area contributed by atoms with E-state index in [-0.39, 0.29) is 18.1 Å². The molecule has 1 aromatic carbocycles. The molecule has 16 heavy (non-hydrogen) atoms. The quantitative estimate of drug-likeness (QED) is 0.784. The molecule has 2 N–H and O–H groups in total. The van der Waals surface area contributed by atoms with Gasteiger partial charge in [0.1, 0.15) is 6.17 Å². The average molecular weight is 224 g/mol. The minimum absolute atomic E-state index is 0.0231. The van der Waals surface area contributed by atoms with Crippen molar-refractivity contribution < 1.29 is 13.5 Å². The Bertz CT molecular complexity index is 457. The first kappa shape index (κ1) is 10.6. The number of halogens is 2. The monoisotopic (exact) mass is 224 g/mol. The lowest BCUT2D eigenvalue weighted by Gasteiger charge is -2.11. The summed E-state index contributed by atoms with van der Waals surface area (Å²) in [5, 5.41) is 0. The molecule has 1 aliphatic rings. The Morgan fingerprint density at radius 1 is 1.44 bits per heavy atom. The molecule has 1 atom stereocenters. The van der Waals surface area contributed by atoms with E-state index >= 15 is 0 Å². The van der Waals surface area contributed by atoms with Gasteiger partial charge >= 0.3 is 0 Å². The summed E-state index contributed by atoms with van der Waals surface area (Å²) in [5.41, 5.74) is 5.70. The average Bonchev–Trinajstić information content (AvgIpc) is 2.25. The van der Waals surface area contributed by atoms with Crippen molar-refractivity contribution in [1.82, 2.24) is 0 Å². The largest absolute Gasteiger partial charge is 0.436 e. The van der Waals surface area contributed by atoms with Crippen LogP contribution in [0.4, 0.5) is 14.5 Å². The summed E-state index contributed by atoms with van der Waals surface area (Å²) in [6, 6.07) is 4.08. The molecule has 0 bridgehead atoms. The van der Waals surface area contributed by atoms with Crippen molar-refractivity contribution >= 4 is 11.9 Å². The molecule has 84 valence electrons. The van der Waals surface area contributed by atoms with Crippen LogP contribution in [-0.4, -0.2) is 12.4 Å². The van der Waals surface area contributed by atoms with E-state index in [2.05, 4.69) is 4.99 Å². The number of hydrogen-bond donors (Lipinski definition) is 1. The Labute approximate surface area is 91.2 Å². The van der Waals surface area contributed by atoms with Crippen LogP contribution >= 0.6 is 0 Å². The summed E-state index contributed by atoms with van der Waals surface area (Å²) in [6.45, 7) is 0. The standard InChI is InChI=1S/C11H10F2N2O/c12-7-1-4-11(15-6-7)16-10-3-2-8(14)5-9(10)13/h2-7H,1,14H2. The molecular weight excluding hydrogens is 214 g/mol. The lowest BCUT2D eigenvalue weighted by atomic mass is 10.2. The van der Waals surface area contributed by atoms with Gasteiger partial charge in [0.2, 0.25) is 5.88 Å². The molecule has 0 fully saturated rings. The number of nitrogens with zero attached hydrogens (tertiary/aromatic N) is 1. The molecule has 3 nitrogen and oxygen atoms in total. The van der Waals surface area contributed by atoms with Gasteiger partial charge in [-0.3, -0.25) is 0 Å². The molecule has 0 spiro atoms. The zero-order chi connectivity index (χ0) is 11.5. The van der Waals surface area contributed by atoms with Crippen LogP contribution in [0.1, 0.15) is 6.42 Å². The molecule has 1 heterocycles. The number of nitrogen functional groups attached to an aromatic ring is 1. The van der Waals surface area contributed by atoms with Gasteiger partial charge in [0.25, 0.3) is 0 Å². The molecule has 0 aliphatic carbocycles. The molecule has 0 saturated heterocycles. The van der Waals surface area contributed by atoms with Crippen LogP contribution in [0.3, 0.4) is 0 Å². The van der Waals surface area contributed by atoms with Crippen LogP contribution in [0.25, 0.3) is 0 Å². The first-order chi connectivity index (χ1) is 7.65. The van der Waals surface area contributed by atoms with Gasteiger partial charge in [-0.1, -0.05) is 0 Å². The summed E-state index contributed by atoms with van der Waals surface area (Å²) < 4.78 is 31.2. The molecule has 0 aromatic heterocycles. The second-order valence-electron chi connectivity index (χ2n) is 3.36. The maximum Gasteiger partial charge on any atom is 0.215 e. The molecule has 5 heteroatoms. The Morgan fingerprint density at radius 2 is 2.25 bits per heavy atom. The summed E-state index contributed by atoms with van der Waals surface area (Å²) in [6.07, 6.45) is 1.70. The lowest BCUT2D eigenvalue weighted by molar-refractivity contribution is 0.372. The molecular formula is C11H10F2N2O. The van der Waals surface area contributed by atoms with Gasteiger partial charge in [0.05, 0.1) is 0 Å². The van der Waals surface area contributed by atoms with E-state index < -0.39 is 12.0 Å². The van der Waals surface area contributed by atoms with E-state index in [0.29, 0.717) is 5.69 Å². The number of allylic oxidation sites excluding steroid dienone is 1. The van der Waals surface area contributed by atoms with Gasteiger partial charge in [-0.25, -0.2) is 13.8 Å². The van der Waals surface area contributed by atoms with Gasteiger partial charge in [-0.05, 0) is 18.2 Å². The summed E-state index contributed by atoms with van der Waals surface area (Å²) in [5.74, 6) is -0.356. The highest BCUT2D eigenvalue weighted by Crippen LogP contribution is 2.23. The second kappa shape index (κ2) is 4.30. The number of hydrogen-bond acceptors (Lipinski definition) is 3. The molecule has 0 saturated carbocycles. The van der Waals surface area contributed by atoms with Crippen LogP contribution in [0.2, 0.25) is 0 Å². The van der Waals surface area contributed by atoms with Crippen molar-refractivity contribution in [3.63, 3.8) is 0 Å². The number of rotatable bonds is 2. The Kier molecular flexibility index (Phi) is 2.85. The highest BCUT2D eigenvalue weighted by molar-refractivity contribution is 5.65. The third-order valence-electron chi connectivity index (χ3n) is 2.05. The summed E-state index contributed by atoms with van der Waals surface area (Å²) >= 11 is 0. The van der Waals surface area contributed by atoms with Crippen molar-refractivity contribution in [2.45, 2.75) is 12.6 Å². The van der Waals surface area contributed by atoms with Gasteiger partial charge in [0.15, 0.2) is 11.6 Å². The Morgan fingerprint density at radius 3 is 2.88 bits per heavy atom. The van der Waals surface area contributed by atoms with Crippen molar-refractivity contribution in [2.75, 3.05) is 5.73 Å². The van der Waals surface area contributed by atoms with E-state index in [1.807, 2.05) is 0 Å². The predicted molar refractivity (Wildman–Crippen MR) is 57.5 cm³/mol. The van der Waals surface area contributed by atoms with Gasteiger partial charge in [-0.15, -0.1) is 0 Å². The number of benzene rings is 1. The number of nitrogens with two attached hydrogens (primary N) is 1. The molecule has 0 radical (unpaired) electrons. The zero-order valence-corrected chi connectivity index (χ0v) is 8.36. The summed E-state index contributed by atoms with van der Waals surface area (Å²) in [7, 11) is 0. The first-order valence-corrected chi connectivity index (χ1v) is 4.76. The minimum Gasteiger partial charge on any atom is -0.436 e. The molecule has 1 unspecified atom stereocenters. The SMILES string of the molecule is Nc1ccc(OC2=CCC(F)C=N2)c(F)c1. The molecule has 1 aliphatic heterocycles. The van der Waals surface area contributed by atoms with E-state index in [1.165, 1.54) is 18.2 Å². The maximum absolute atomic E-state index is 13.3. The lowest BCUT2D eigenvalue weighted by Crippen LogP contribution is -2.08. The topological polar surface area (TPSA) is 47.6 Å². The van der Waals surface area contributed by atoms with Crippen molar-refractivity contribution in [3.8, 4) is 5.75 Å². The van der Waals surface area contributed by atoms with Crippen LogP contribution in [0, 0.1) is 5.82 Å². The smallest absolute Gasteiger partial charge is 0.215 e. The first-order valence-electron chi connectivity index (χ1n) is 4.76. The van der Waals surface area contributed by atoms with E-state index in [1.54, 1.807) is 0 Å². The number of anilines is 1. The molecule has 1 aromatic rings. The highest BCUT2D eigenvalue weighted by Gasteiger charge is 2.11. The van der Waals surface area contributed by atoms with Crippen molar-refractivity contribution in [1.29, 1.82) is 0 Å². The molecule has 2 rings (SSSR count). The third-order valence-corrected chi connectivity index (χ3v) is 2.05. The maximum atomic E-state index is 13.3. The fourth-order valence-electron chi connectivity index (χ4n) is 1.26. The van der Waals surface area contributed by atoms with Crippen LogP contribution in [-0.2, 0) is 0 Å². The van der Waals surface area contributed by atoms with Crippen LogP contribution < -0.4 is 10.5 Å². The van der Waals surface area contributed by atoms with E-state index in [9.17, 15) is 8.78 Å². The van der Waals surface area contributed by atoms with Gasteiger partial charge < -0.3 is 10.5 Å². The number of ether oxygens (including phenoxy) is 1. The van der Waals surface area contributed by atoms with E-state index in [4.69, 9.17) is 10.5 Å². The van der Waals surface area contributed by atoms with Crippen molar-refractivity contribution in [2.24, 2.45) is 4.99 Å². The predicted octanol–water partition coefficient (Wildman–Crippen LogP) is 2.44. The highest BCUT2D eigenvalue weighted by atomic mass is 19.1. The van der Waals surface area contributed by atoms with Crippen molar-refractivity contribution in [3.05, 3.63) is 36.0 Å². The van der Waals surface area contributed by atoms with E-state index in [0.717, 1.165) is 12.3 Å². The second-order valence-corrected chi connectivity index (χ2v) is 3.36. The minimum atomic E-state index is -1.09.